The summed E-state index contributed by atoms with van der Waals surface area (Å²) < 4.78 is 64.4. The van der Waals surface area contributed by atoms with Gasteiger partial charge in [-0.2, -0.15) is 13.2 Å². The molecule has 0 aliphatic heterocycles. The van der Waals surface area contributed by atoms with Gasteiger partial charge in [-0.1, -0.05) is 25.1 Å². The zero-order chi connectivity index (χ0) is 21.1. The maximum absolute atomic E-state index is 12.9. The van der Waals surface area contributed by atoms with Crippen molar-refractivity contribution in [3.8, 4) is 0 Å². The molecule has 152 valence electrons. The highest BCUT2D eigenvalue weighted by Crippen LogP contribution is 2.31. The van der Waals surface area contributed by atoms with Crippen LogP contribution in [0.25, 0.3) is 0 Å². The highest BCUT2D eigenvalue weighted by molar-refractivity contribution is 7.92. The van der Waals surface area contributed by atoms with Crippen LogP contribution in [0.4, 0.5) is 24.5 Å². The topological polar surface area (TPSA) is 66.5 Å². The summed E-state index contributed by atoms with van der Waals surface area (Å²) in [4.78, 5) is 12.8. The number of halogens is 3. The fourth-order valence-electron chi connectivity index (χ4n) is 2.82. The van der Waals surface area contributed by atoms with Crippen LogP contribution in [0.15, 0.2) is 48.5 Å². The van der Waals surface area contributed by atoms with E-state index in [0.717, 1.165) is 28.3 Å². The lowest BCUT2D eigenvalue weighted by molar-refractivity contribution is -0.137. The molecule has 0 radical (unpaired) electrons. The number of amides is 1. The van der Waals surface area contributed by atoms with Crippen molar-refractivity contribution in [1.82, 2.24) is 0 Å². The van der Waals surface area contributed by atoms with Gasteiger partial charge >= 0.3 is 6.18 Å². The number of benzene rings is 2. The second-order valence-corrected chi connectivity index (χ2v) is 8.25. The molecule has 0 aliphatic rings. The molecule has 1 amide bonds. The number of hydrogen-bond donors (Lipinski definition) is 1. The molecule has 1 atom stereocenters. The third-order valence-corrected chi connectivity index (χ3v) is 5.22. The predicted molar refractivity (Wildman–Crippen MR) is 103 cm³/mol. The number of rotatable bonds is 6. The zero-order valence-corrected chi connectivity index (χ0v) is 16.4. The molecular weight excluding hydrogens is 393 g/mol. The Morgan fingerprint density at radius 1 is 1.14 bits per heavy atom. The molecule has 0 heterocycles. The Labute approximate surface area is 162 Å². The fraction of sp³-hybridized carbons (Fsp3) is 0.316. The lowest BCUT2D eigenvalue weighted by Gasteiger charge is -2.30. The van der Waals surface area contributed by atoms with Crippen LogP contribution >= 0.6 is 0 Å². The van der Waals surface area contributed by atoms with Gasteiger partial charge in [0, 0.05) is 5.69 Å². The third-order valence-electron chi connectivity index (χ3n) is 4.04. The minimum atomic E-state index is -4.55. The largest absolute Gasteiger partial charge is 0.416 e. The quantitative estimate of drug-likeness (QED) is 0.771. The van der Waals surface area contributed by atoms with Gasteiger partial charge in [0.2, 0.25) is 15.9 Å². The summed E-state index contributed by atoms with van der Waals surface area (Å²) in [6.45, 7) is 3.41. The van der Waals surface area contributed by atoms with Crippen LogP contribution < -0.4 is 9.62 Å². The van der Waals surface area contributed by atoms with Crippen LogP contribution in [0.1, 0.15) is 24.5 Å². The van der Waals surface area contributed by atoms with Gasteiger partial charge in [-0.25, -0.2) is 8.42 Å². The SMILES string of the molecule is CC[C@@H](C(=O)Nc1cccc(C(F)(F)F)c1)N(c1cccc(C)c1)S(C)(=O)=O. The van der Waals surface area contributed by atoms with E-state index in [-0.39, 0.29) is 12.1 Å². The van der Waals surface area contributed by atoms with E-state index in [2.05, 4.69) is 5.32 Å². The van der Waals surface area contributed by atoms with E-state index in [9.17, 15) is 26.4 Å². The van der Waals surface area contributed by atoms with Crippen LogP contribution in [0.2, 0.25) is 0 Å². The number of sulfonamides is 1. The lowest BCUT2D eigenvalue weighted by atomic mass is 10.1. The molecule has 5 nitrogen and oxygen atoms in total. The second-order valence-electron chi connectivity index (χ2n) is 6.39. The van der Waals surface area contributed by atoms with Crippen molar-refractivity contribution in [2.45, 2.75) is 32.5 Å². The number of alkyl halides is 3. The molecule has 0 fully saturated rings. The van der Waals surface area contributed by atoms with E-state index in [1.807, 2.05) is 0 Å². The highest BCUT2D eigenvalue weighted by atomic mass is 32.2. The number of anilines is 2. The summed E-state index contributed by atoms with van der Waals surface area (Å²) in [7, 11) is -3.82. The number of nitrogens with one attached hydrogen (secondary N) is 1. The molecule has 1 N–H and O–H groups in total. The molecule has 0 saturated heterocycles. The summed E-state index contributed by atoms with van der Waals surface area (Å²) in [5.74, 6) is -0.714. The molecule has 28 heavy (non-hydrogen) atoms. The van der Waals surface area contributed by atoms with Gasteiger partial charge in [-0.05, 0) is 49.2 Å². The molecular formula is C19H21F3N2O3S. The number of carbonyl (C=O) groups is 1. The van der Waals surface area contributed by atoms with Crippen molar-refractivity contribution in [3.05, 3.63) is 59.7 Å². The van der Waals surface area contributed by atoms with Gasteiger partial charge in [0.15, 0.2) is 0 Å². The molecule has 2 rings (SSSR count). The van der Waals surface area contributed by atoms with E-state index in [1.54, 1.807) is 38.1 Å². The summed E-state index contributed by atoms with van der Waals surface area (Å²) in [6.07, 6.45) is -3.44. The molecule has 0 aromatic heterocycles. The van der Waals surface area contributed by atoms with Crippen molar-refractivity contribution in [1.29, 1.82) is 0 Å². The standard InChI is InChI=1S/C19H21F3N2O3S/c1-4-17(24(28(3,26)27)16-10-5-7-13(2)11-16)18(25)23-15-9-6-8-14(12-15)19(20,21)22/h5-12,17H,4H2,1-3H3,(H,23,25)/t17-/m0/s1. The number of nitrogens with zero attached hydrogens (tertiary/aromatic N) is 1. The summed E-state index contributed by atoms with van der Waals surface area (Å²) >= 11 is 0. The van der Waals surface area contributed by atoms with E-state index in [4.69, 9.17) is 0 Å². The number of hydrogen-bond acceptors (Lipinski definition) is 3. The van der Waals surface area contributed by atoms with Crippen LogP contribution in [-0.2, 0) is 21.0 Å². The minimum absolute atomic E-state index is 0.0593. The Bertz CT molecular complexity index is 959. The van der Waals surface area contributed by atoms with E-state index >= 15 is 0 Å². The normalized spacial score (nSPS) is 13.1. The van der Waals surface area contributed by atoms with Gasteiger partial charge in [-0.15, -0.1) is 0 Å². The molecule has 0 saturated carbocycles. The first kappa shape index (κ1) is 21.7. The predicted octanol–water partition coefficient (Wildman–Crippen LogP) is 4.20. The second kappa shape index (κ2) is 8.22. The Morgan fingerprint density at radius 2 is 1.79 bits per heavy atom. The van der Waals surface area contributed by atoms with Gasteiger partial charge < -0.3 is 5.32 Å². The van der Waals surface area contributed by atoms with Gasteiger partial charge in [0.1, 0.15) is 6.04 Å². The highest BCUT2D eigenvalue weighted by Gasteiger charge is 2.33. The average Bonchev–Trinajstić information content (AvgIpc) is 2.57. The Balaban J connectivity index is 2.37. The molecule has 0 unspecified atom stereocenters. The zero-order valence-electron chi connectivity index (χ0n) is 15.6. The maximum atomic E-state index is 12.9. The summed E-state index contributed by atoms with van der Waals surface area (Å²) in [6, 6.07) is 9.71. The van der Waals surface area contributed by atoms with Crippen LogP contribution in [0.5, 0.6) is 0 Å². The van der Waals surface area contributed by atoms with Crippen molar-refractivity contribution in [3.63, 3.8) is 0 Å². The Hall–Kier alpha value is -2.55. The molecule has 0 aliphatic carbocycles. The van der Waals surface area contributed by atoms with Crippen molar-refractivity contribution >= 4 is 27.3 Å². The molecule has 9 heteroatoms. The lowest BCUT2D eigenvalue weighted by Crippen LogP contribution is -2.47. The van der Waals surface area contributed by atoms with Crippen LogP contribution in [0, 0.1) is 6.92 Å². The first-order valence-corrected chi connectivity index (χ1v) is 10.3. The monoisotopic (exact) mass is 414 g/mol. The smallest absolute Gasteiger partial charge is 0.324 e. The molecule has 2 aromatic carbocycles. The third kappa shape index (κ3) is 5.25. The number of aryl methyl sites for hydroxylation is 1. The first-order chi connectivity index (χ1) is 12.9. The van der Waals surface area contributed by atoms with E-state index in [1.165, 1.54) is 12.1 Å². The van der Waals surface area contributed by atoms with Gasteiger partial charge in [0.25, 0.3) is 0 Å². The molecule has 0 spiro atoms. The van der Waals surface area contributed by atoms with Crippen molar-refractivity contribution < 1.29 is 26.4 Å². The van der Waals surface area contributed by atoms with Gasteiger partial charge in [-0.3, -0.25) is 9.10 Å². The Kier molecular flexibility index (Phi) is 6.38. The maximum Gasteiger partial charge on any atom is 0.416 e. The summed E-state index contributed by atoms with van der Waals surface area (Å²) in [5.41, 5.74) is 0.154. The summed E-state index contributed by atoms with van der Waals surface area (Å²) in [5, 5.41) is 2.40. The Morgan fingerprint density at radius 3 is 2.32 bits per heavy atom. The van der Waals surface area contributed by atoms with Crippen molar-refractivity contribution in [2.24, 2.45) is 0 Å². The van der Waals surface area contributed by atoms with E-state index < -0.39 is 33.7 Å². The van der Waals surface area contributed by atoms with Crippen molar-refractivity contribution in [2.75, 3.05) is 15.9 Å². The molecule has 2 aromatic rings. The molecule has 0 bridgehead atoms. The van der Waals surface area contributed by atoms with Crippen LogP contribution in [0.3, 0.4) is 0 Å². The average molecular weight is 414 g/mol. The van der Waals surface area contributed by atoms with E-state index in [0.29, 0.717) is 5.69 Å². The fourth-order valence-corrected chi connectivity index (χ4v) is 4.03. The minimum Gasteiger partial charge on any atom is -0.324 e. The van der Waals surface area contributed by atoms with Crippen LogP contribution in [-0.4, -0.2) is 26.6 Å². The first-order valence-electron chi connectivity index (χ1n) is 8.47. The number of carbonyl (C=O) groups excluding carboxylic acids is 1. The van der Waals surface area contributed by atoms with Gasteiger partial charge in [0.05, 0.1) is 17.5 Å².